The van der Waals surface area contributed by atoms with Gasteiger partial charge in [-0.15, -0.1) is 0 Å². The molecule has 1 aromatic carbocycles. The molecule has 1 aromatic heterocycles. The van der Waals surface area contributed by atoms with Crippen LogP contribution in [0.4, 0.5) is 0 Å². The number of hydrogen-bond acceptors (Lipinski definition) is 5. The third kappa shape index (κ3) is 3.04. The van der Waals surface area contributed by atoms with E-state index in [0.717, 1.165) is 6.20 Å². The van der Waals surface area contributed by atoms with Crippen molar-refractivity contribution >= 4 is 23.6 Å². The maximum atomic E-state index is 10.9. The van der Waals surface area contributed by atoms with Crippen LogP contribution in [0.25, 0.3) is 17.4 Å². The molecule has 0 bridgehead atoms. The molecule has 0 unspecified atom stereocenters. The highest BCUT2D eigenvalue weighted by Gasteiger charge is 2.08. The van der Waals surface area contributed by atoms with E-state index in [1.54, 1.807) is 12.1 Å². The number of carbonyl (C=O) groups is 1. The summed E-state index contributed by atoms with van der Waals surface area (Å²) < 4.78 is 5.35. The van der Waals surface area contributed by atoms with Gasteiger partial charge in [0.2, 0.25) is 6.20 Å². The van der Waals surface area contributed by atoms with Crippen LogP contribution in [0.2, 0.25) is 5.02 Å². The van der Waals surface area contributed by atoms with Crippen LogP contribution < -0.4 is 5.11 Å². The van der Waals surface area contributed by atoms with E-state index in [-0.39, 0.29) is 16.3 Å². The van der Waals surface area contributed by atoms with E-state index in [0.29, 0.717) is 11.3 Å². The molecule has 0 fully saturated rings. The Hall–Kier alpha value is -2.60. The summed E-state index contributed by atoms with van der Waals surface area (Å²) in [4.78, 5) is 20.5. The number of furan rings is 1. The minimum Gasteiger partial charge on any atom is -0.545 e. The maximum Gasteiger partial charge on any atom is 0.238 e. The predicted molar refractivity (Wildman–Crippen MR) is 69.5 cm³/mol. The third-order valence-electron chi connectivity index (χ3n) is 2.46. The maximum absolute atomic E-state index is 10.9. The minimum absolute atomic E-state index is 0.0637. The molecule has 0 aliphatic heterocycles. The molecule has 0 saturated heterocycles. The zero-order chi connectivity index (χ0) is 14.7. The topological polar surface area (TPSA) is 96.4 Å². The lowest BCUT2D eigenvalue weighted by atomic mass is 10.1. The molecule has 20 heavy (non-hydrogen) atoms. The van der Waals surface area contributed by atoms with Crippen LogP contribution in [-0.2, 0) is 0 Å². The fourth-order valence-electron chi connectivity index (χ4n) is 1.57. The second-order valence-electron chi connectivity index (χ2n) is 3.79. The molecule has 6 nitrogen and oxygen atoms in total. The lowest BCUT2D eigenvalue weighted by Gasteiger charge is -2.06. The SMILES string of the molecule is O=C([O-])c1cc(-c2ccc(/C=C/[N+](=O)[O-])o2)ccc1Cl. The van der Waals surface area contributed by atoms with Crippen molar-refractivity contribution in [2.24, 2.45) is 0 Å². The number of rotatable bonds is 4. The number of benzene rings is 1. The van der Waals surface area contributed by atoms with Crippen LogP contribution in [0.5, 0.6) is 0 Å². The molecule has 2 rings (SSSR count). The Morgan fingerprint density at radius 3 is 2.70 bits per heavy atom. The van der Waals surface area contributed by atoms with E-state index in [9.17, 15) is 20.0 Å². The molecule has 0 aliphatic rings. The van der Waals surface area contributed by atoms with Gasteiger partial charge in [0.15, 0.2) is 0 Å². The van der Waals surface area contributed by atoms with Crippen LogP contribution in [0.1, 0.15) is 16.1 Å². The van der Waals surface area contributed by atoms with Gasteiger partial charge in [0.25, 0.3) is 0 Å². The second kappa shape index (κ2) is 5.58. The first-order valence-electron chi connectivity index (χ1n) is 5.40. The Kier molecular flexibility index (Phi) is 3.86. The lowest BCUT2D eigenvalue weighted by molar-refractivity contribution is -0.401. The van der Waals surface area contributed by atoms with Crippen LogP contribution >= 0.6 is 11.6 Å². The Morgan fingerprint density at radius 2 is 2.05 bits per heavy atom. The van der Waals surface area contributed by atoms with Crippen molar-refractivity contribution in [3.05, 3.63) is 63.0 Å². The van der Waals surface area contributed by atoms with Gasteiger partial charge >= 0.3 is 0 Å². The number of aromatic carboxylic acids is 1. The molecular weight excluding hydrogens is 286 g/mol. The molecule has 0 radical (unpaired) electrons. The van der Waals surface area contributed by atoms with Crippen LogP contribution in [-0.4, -0.2) is 10.9 Å². The molecule has 7 heteroatoms. The molecule has 102 valence electrons. The van der Waals surface area contributed by atoms with Crippen molar-refractivity contribution < 1.29 is 19.2 Å². The lowest BCUT2D eigenvalue weighted by Crippen LogP contribution is -2.22. The first-order chi connectivity index (χ1) is 9.47. The summed E-state index contributed by atoms with van der Waals surface area (Å²) in [5.41, 5.74) is 0.331. The Labute approximate surface area is 118 Å². The molecule has 0 spiro atoms. The van der Waals surface area contributed by atoms with E-state index in [4.69, 9.17) is 16.0 Å². The van der Waals surface area contributed by atoms with E-state index >= 15 is 0 Å². The van der Waals surface area contributed by atoms with E-state index in [2.05, 4.69) is 0 Å². The van der Waals surface area contributed by atoms with Gasteiger partial charge in [-0.1, -0.05) is 11.6 Å². The van der Waals surface area contributed by atoms with Gasteiger partial charge in [0.05, 0.1) is 17.0 Å². The van der Waals surface area contributed by atoms with Crippen LogP contribution in [0.3, 0.4) is 0 Å². The Morgan fingerprint density at radius 1 is 1.30 bits per heavy atom. The molecule has 0 saturated carbocycles. The van der Waals surface area contributed by atoms with Gasteiger partial charge in [-0.05, 0) is 30.3 Å². The fourth-order valence-corrected chi connectivity index (χ4v) is 1.76. The minimum atomic E-state index is -1.39. The number of halogens is 1. The van der Waals surface area contributed by atoms with Gasteiger partial charge in [0, 0.05) is 16.1 Å². The van der Waals surface area contributed by atoms with Crippen molar-refractivity contribution in [1.82, 2.24) is 0 Å². The molecule has 0 amide bonds. The van der Waals surface area contributed by atoms with Crippen molar-refractivity contribution in [3.8, 4) is 11.3 Å². The zero-order valence-electron chi connectivity index (χ0n) is 9.91. The van der Waals surface area contributed by atoms with Crippen molar-refractivity contribution in [2.75, 3.05) is 0 Å². The summed E-state index contributed by atoms with van der Waals surface area (Å²) in [7, 11) is 0. The summed E-state index contributed by atoms with van der Waals surface area (Å²) in [5.74, 6) is -0.745. The average Bonchev–Trinajstić information content (AvgIpc) is 2.85. The number of carboxylic acids is 1. The van der Waals surface area contributed by atoms with E-state index in [1.807, 2.05) is 0 Å². The standard InChI is InChI=1S/C13H8ClNO5/c14-11-3-1-8(7-10(11)13(16)17)12-4-2-9(20-12)5-6-15(18)19/h1-7H,(H,16,17)/p-1/b6-5+. The molecule has 1 heterocycles. The average molecular weight is 293 g/mol. The number of nitrogens with zero attached hydrogens (tertiary/aromatic N) is 1. The summed E-state index contributed by atoms with van der Waals surface area (Å²) in [6.45, 7) is 0. The summed E-state index contributed by atoms with van der Waals surface area (Å²) >= 11 is 5.73. The van der Waals surface area contributed by atoms with Crippen molar-refractivity contribution in [1.29, 1.82) is 0 Å². The first-order valence-corrected chi connectivity index (χ1v) is 5.78. The molecular formula is C13H7ClNO5-. The number of hydrogen-bond donors (Lipinski definition) is 0. The predicted octanol–water partition coefficient (Wildman–Crippen LogP) is 2.21. The second-order valence-corrected chi connectivity index (χ2v) is 4.19. The van der Waals surface area contributed by atoms with Gasteiger partial charge in [-0.25, -0.2) is 0 Å². The van der Waals surface area contributed by atoms with E-state index < -0.39 is 10.9 Å². The highest BCUT2D eigenvalue weighted by atomic mass is 35.5. The van der Waals surface area contributed by atoms with Crippen molar-refractivity contribution in [3.63, 3.8) is 0 Å². The quantitative estimate of drug-likeness (QED) is 0.636. The summed E-state index contributed by atoms with van der Waals surface area (Å²) in [6, 6.07) is 7.41. The largest absolute Gasteiger partial charge is 0.545 e. The highest BCUT2D eigenvalue weighted by Crippen LogP contribution is 2.27. The monoisotopic (exact) mass is 292 g/mol. The molecule has 2 aromatic rings. The van der Waals surface area contributed by atoms with Gasteiger partial charge in [-0.3, -0.25) is 10.1 Å². The Bertz CT molecular complexity index is 705. The van der Waals surface area contributed by atoms with Crippen LogP contribution in [0.15, 0.2) is 40.9 Å². The van der Waals surface area contributed by atoms with Crippen molar-refractivity contribution in [2.45, 2.75) is 0 Å². The summed E-state index contributed by atoms with van der Waals surface area (Å²) in [6.07, 6.45) is 1.94. The smallest absolute Gasteiger partial charge is 0.238 e. The third-order valence-corrected chi connectivity index (χ3v) is 2.79. The Balaban J connectivity index is 2.35. The normalized spacial score (nSPS) is 10.8. The van der Waals surface area contributed by atoms with Gasteiger partial charge in [-0.2, -0.15) is 0 Å². The first kappa shape index (κ1) is 13.8. The molecule has 0 N–H and O–H groups in total. The zero-order valence-corrected chi connectivity index (χ0v) is 10.7. The summed E-state index contributed by atoms with van der Waals surface area (Å²) in [5, 5.41) is 21.1. The highest BCUT2D eigenvalue weighted by molar-refractivity contribution is 6.33. The van der Waals surface area contributed by atoms with Gasteiger partial charge in [0.1, 0.15) is 11.5 Å². The number of nitro groups is 1. The van der Waals surface area contributed by atoms with E-state index in [1.165, 1.54) is 24.3 Å². The number of carboxylic acid groups (broad SMARTS) is 1. The number of carbonyl (C=O) groups excluding carboxylic acids is 1. The molecule has 0 atom stereocenters. The fraction of sp³-hybridized carbons (Fsp3) is 0. The van der Waals surface area contributed by atoms with Crippen LogP contribution in [0, 0.1) is 10.1 Å². The molecule has 0 aliphatic carbocycles. The van der Waals surface area contributed by atoms with Gasteiger partial charge < -0.3 is 14.3 Å².